The number of hydrogen-bond donors (Lipinski definition) is 0. The molecule has 1 amide bonds. The summed E-state index contributed by atoms with van der Waals surface area (Å²) in [7, 11) is -2.19. The number of amides is 1. The van der Waals surface area contributed by atoms with E-state index in [4.69, 9.17) is 8.92 Å². The molecule has 0 spiro atoms. The third-order valence-electron chi connectivity index (χ3n) is 5.35. The summed E-state index contributed by atoms with van der Waals surface area (Å²) < 4.78 is 34.2. The van der Waals surface area contributed by atoms with Crippen LogP contribution in [0.5, 0.6) is 11.5 Å². The van der Waals surface area contributed by atoms with Crippen molar-refractivity contribution in [2.75, 3.05) is 19.4 Å². The van der Waals surface area contributed by atoms with E-state index in [1.54, 1.807) is 12.1 Å². The summed E-state index contributed by atoms with van der Waals surface area (Å²) in [6, 6.07) is 5.19. The summed E-state index contributed by atoms with van der Waals surface area (Å²) in [5.74, 6) is 1.58. The molecule has 1 aliphatic rings. The predicted molar refractivity (Wildman–Crippen MR) is 115 cm³/mol. The largest absolute Gasteiger partial charge is 0.493 e. The lowest BCUT2D eigenvalue weighted by Crippen LogP contribution is -2.33. The maximum absolute atomic E-state index is 12.9. The highest BCUT2D eigenvalue weighted by Crippen LogP contribution is 2.31. The van der Waals surface area contributed by atoms with Crippen molar-refractivity contribution in [1.29, 1.82) is 0 Å². The molecule has 0 aromatic heterocycles. The van der Waals surface area contributed by atoms with Crippen LogP contribution in [0.15, 0.2) is 18.2 Å². The molecule has 0 aliphatic heterocycles. The Labute approximate surface area is 175 Å². The second kappa shape index (κ2) is 10.9. The number of benzene rings is 1. The zero-order chi connectivity index (χ0) is 21.4. The fraction of sp³-hybridized carbons (Fsp3) is 0.682. The maximum atomic E-state index is 12.9. The molecule has 1 aromatic rings. The molecule has 1 aromatic carbocycles. The predicted octanol–water partition coefficient (Wildman–Crippen LogP) is 4.38. The maximum Gasteiger partial charge on any atom is 0.309 e. The molecule has 0 N–H and O–H groups in total. The van der Waals surface area contributed by atoms with Crippen LogP contribution in [0.1, 0.15) is 64.9 Å². The van der Waals surface area contributed by atoms with Gasteiger partial charge in [-0.3, -0.25) is 4.79 Å². The third kappa shape index (κ3) is 7.53. The zero-order valence-electron chi connectivity index (χ0n) is 18.1. The molecule has 7 heteroatoms. The lowest BCUT2D eigenvalue weighted by Gasteiger charge is -2.26. The minimum Gasteiger partial charge on any atom is -0.493 e. The Morgan fingerprint density at radius 2 is 1.90 bits per heavy atom. The lowest BCUT2D eigenvalue weighted by atomic mass is 10.0. The highest BCUT2D eigenvalue weighted by Gasteiger charge is 2.21. The topological polar surface area (TPSA) is 72.9 Å². The second-order valence-electron chi connectivity index (χ2n) is 8.27. The molecule has 0 radical (unpaired) electrons. The molecule has 164 valence electrons. The third-order valence-corrected chi connectivity index (χ3v) is 6.49. The molecular formula is C22H35NO5S. The minimum absolute atomic E-state index is 0.125. The summed E-state index contributed by atoms with van der Waals surface area (Å²) >= 11 is 0. The van der Waals surface area contributed by atoms with E-state index in [0.29, 0.717) is 37.1 Å². The van der Waals surface area contributed by atoms with Gasteiger partial charge >= 0.3 is 10.1 Å². The second-order valence-corrected chi connectivity index (χ2v) is 10.1. The zero-order valence-corrected chi connectivity index (χ0v) is 19.0. The summed E-state index contributed by atoms with van der Waals surface area (Å²) in [5.41, 5.74) is 0.821. The molecule has 2 rings (SSSR count). The van der Waals surface area contributed by atoms with Crippen LogP contribution in [0, 0.1) is 11.8 Å². The molecule has 0 atom stereocenters. The Kier molecular flexibility index (Phi) is 8.80. The highest BCUT2D eigenvalue weighted by atomic mass is 32.2. The molecule has 0 unspecified atom stereocenters. The highest BCUT2D eigenvalue weighted by molar-refractivity contribution is 7.87. The average Bonchev–Trinajstić information content (AvgIpc) is 3.19. The van der Waals surface area contributed by atoms with E-state index in [0.717, 1.165) is 12.0 Å². The van der Waals surface area contributed by atoms with E-state index in [2.05, 4.69) is 13.8 Å². The first-order chi connectivity index (χ1) is 13.7. The first kappa shape index (κ1) is 23.5. The molecule has 1 fully saturated rings. The normalized spacial score (nSPS) is 14.9. The number of hydrogen-bond acceptors (Lipinski definition) is 5. The van der Waals surface area contributed by atoms with Crippen molar-refractivity contribution in [3.63, 3.8) is 0 Å². The van der Waals surface area contributed by atoms with E-state index in [1.807, 2.05) is 11.0 Å². The number of ether oxygens (including phenoxy) is 1. The summed E-state index contributed by atoms with van der Waals surface area (Å²) in [4.78, 5) is 14.8. The number of methoxy groups -OCH3 is 1. The molecule has 1 aliphatic carbocycles. The number of carbonyl (C=O) groups is 1. The van der Waals surface area contributed by atoms with Crippen LogP contribution in [-0.4, -0.2) is 38.6 Å². The van der Waals surface area contributed by atoms with Crippen molar-refractivity contribution in [1.82, 2.24) is 4.90 Å². The standard InChI is InChI=1S/C22H35NO5S/c1-5-29(25,26)28-21-14-19(10-12-20(21)27-4)16-23(15-17(2)3)22(24)13-11-18-8-6-7-9-18/h10,12,14,17-18H,5-9,11,13,15-16H2,1-4H3. The van der Waals surface area contributed by atoms with E-state index < -0.39 is 10.1 Å². The van der Waals surface area contributed by atoms with Gasteiger partial charge in [-0.1, -0.05) is 45.6 Å². The van der Waals surface area contributed by atoms with Gasteiger partial charge in [-0.2, -0.15) is 8.42 Å². The van der Waals surface area contributed by atoms with Crippen LogP contribution in [0.2, 0.25) is 0 Å². The van der Waals surface area contributed by atoms with Crippen molar-refractivity contribution >= 4 is 16.0 Å². The molecule has 1 saturated carbocycles. The minimum atomic E-state index is -3.66. The number of carbonyl (C=O) groups excluding carboxylic acids is 1. The van der Waals surface area contributed by atoms with E-state index in [1.165, 1.54) is 39.7 Å². The van der Waals surface area contributed by atoms with Crippen molar-refractivity contribution < 1.29 is 22.1 Å². The average molecular weight is 426 g/mol. The summed E-state index contributed by atoms with van der Waals surface area (Å²) in [5, 5.41) is 0. The monoisotopic (exact) mass is 425 g/mol. The van der Waals surface area contributed by atoms with Gasteiger partial charge in [0.05, 0.1) is 12.9 Å². The number of rotatable bonds is 11. The van der Waals surface area contributed by atoms with Gasteiger partial charge in [0.25, 0.3) is 0 Å². The molecular weight excluding hydrogens is 390 g/mol. The van der Waals surface area contributed by atoms with Crippen LogP contribution < -0.4 is 8.92 Å². The lowest BCUT2D eigenvalue weighted by molar-refractivity contribution is -0.132. The number of nitrogens with zero attached hydrogens (tertiary/aromatic N) is 1. The van der Waals surface area contributed by atoms with E-state index in [9.17, 15) is 13.2 Å². The molecule has 0 bridgehead atoms. The van der Waals surface area contributed by atoms with E-state index >= 15 is 0 Å². The van der Waals surface area contributed by atoms with Gasteiger partial charge in [0.2, 0.25) is 5.91 Å². The van der Waals surface area contributed by atoms with Crippen molar-refractivity contribution in [2.24, 2.45) is 11.8 Å². The van der Waals surface area contributed by atoms with Crippen LogP contribution in [0.4, 0.5) is 0 Å². The Morgan fingerprint density at radius 3 is 2.48 bits per heavy atom. The SMILES string of the molecule is CCS(=O)(=O)Oc1cc(CN(CC(C)C)C(=O)CCC2CCCC2)ccc1OC. The van der Waals surface area contributed by atoms with Crippen molar-refractivity contribution in [3.05, 3.63) is 23.8 Å². The fourth-order valence-corrected chi connectivity index (χ4v) is 4.30. The Bertz CT molecular complexity index is 769. The first-order valence-electron chi connectivity index (χ1n) is 10.6. The Morgan fingerprint density at radius 1 is 1.21 bits per heavy atom. The van der Waals surface area contributed by atoms with Gasteiger partial charge in [0.15, 0.2) is 11.5 Å². The van der Waals surface area contributed by atoms with Gasteiger partial charge in [0.1, 0.15) is 0 Å². The van der Waals surface area contributed by atoms with Gasteiger partial charge in [0, 0.05) is 19.5 Å². The van der Waals surface area contributed by atoms with Crippen LogP contribution in [0.25, 0.3) is 0 Å². The van der Waals surface area contributed by atoms with Crippen molar-refractivity contribution in [2.45, 2.75) is 65.8 Å². The molecule has 29 heavy (non-hydrogen) atoms. The van der Waals surface area contributed by atoms with Crippen molar-refractivity contribution in [3.8, 4) is 11.5 Å². The van der Waals surface area contributed by atoms with Gasteiger partial charge in [-0.15, -0.1) is 0 Å². The summed E-state index contributed by atoms with van der Waals surface area (Å²) in [6.07, 6.45) is 6.57. The molecule has 0 heterocycles. The fourth-order valence-electron chi connectivity index (χ4n) is 3.78. The van der Waals surface area contributed by atoms with Gasteiger partial charge in [-0.25, -0.2) is 0 Å². The smallest absolute Gasteiger partial charge is 0.309 e. The first-order valence-corrected chi connectivity index (χ1v) is 12.2. The molecule has 6 nitrogen and oxygen atoms in total. The quantitative estimate of drug-likeness (QED) is 0.492. The Hall–Kier alpha value is -1.76. The summed E-state index contributed by atoms with van der Waals surface area (Å²) in [6.45, 7) is 6.80. The molecule has 0 saturated heterocycles. The van der Waals surface area contributed by atoms with Gasteiger partial charge in [-0.05, 0) is 42.9 Å². The van der Waals surface area contributed by atoms with Gasteiger partial charge < -0.3 is 13.8 Å². The van der Waals surface area contributed by atoms with Crippen LogP contribution >= 0.6 is 0 Å². The van der Waals surface area contributed by atoms with Crippen LogP contribution in [-0.2, 0) is 21.5 Å². The van der Waals surface area contributed by atoms with E-state index in [-0.39, 0.29) is 17.4 Å². The van der Waals surface area contributed by atoms with Crippen LogP contribution in [0.3, 0.4) is 0 Å². The Balaban J connectivity index is 2.13.